The van der Waals surface area contributed by atoms with Crippen LogP contribution in [0.1, 0.15) is 15.9 Å². The van der Waals surface area contributed by atoms with E-state index >= 15 is 0 Å². The standard InChI is InChI=1S/C14H13FN2O2/c15-11-3-1-10(2-4-11)5-8-17-14(19)12-9-16-7-6-13(12)18/h1-4,6-7,9H,5,8H2,(H,16,18)(H,17,19). The Morgan fingerprint density at radius 3 is 2.63 bits per heavy atom. The highest BCUT2D eigenvalue weighted by Crippen LogP contribution is 2.02. The number of rotatable bonds is 4. The fourth-order valence-electron chi connectivity index (χ4n) is 1.66. The lowest BCUT2D eigenvalue weighted by atomic mass is 10.1. The molecule has 0 aliphatic rings. The van der Waals surface area contributed by atoms with Gasteiger partial charge in [-0.2, -0.15) is 0 Å². The van der Waals surface area contributed by atoms with Crippen molar-refractivity contribution >= 4 is 5.91 Å². The molecule has 2 rings (SSSR count). The van der Waals surface area contributed by atoms with E-state index in [4.69, 9.17) is 0 Å². The number of hydrogen-bond donors (Lipinski definition) is 2. The maximum Gasteiger partial charge on any atom is 0.256 e. The summed E-state index contributed by atoms with van der Waals surface area (Å²) in [5.74, 6) is -0.701. The second-order valence-electron chi connectivity index (χ2n) is 4.05. The van der Waals surface area contributed by atoms with Gasteiger partial charge in [-0.3, -0.25) is 9.59 Å². The van der Waals surface area contributed by atoms with Crippen molar-refractivity contribution in [1.82, 2.24) is 10.3 Å². The summed E-state index contributed by atoms with van der Waals surface area (Å²) < 4.78 is 12.7. The predicted octanol–water partition coefficient (Wildman–Crippen LogP) is 1.49. The van der Waals surface area contributed by atoms with Gasteiger partial charge >= 0.3 is 0 Å². The van der Waals surface area contributed by atoms with Crippen molar-refractivity contribution in [1.29, 1.82) is 0 Å². The lowest BCUT2D eigenvalue weighted by Crippen LogP contribution is -2.30. The number of aromatic amines is 1. The van der Waals surface area contributed by atoms with Crippen LogP contribution in [0.25, 0.3) is 0 Å². The summed E-state index contributed by atoms with van der Waals surface area (Å²) in [5, 5.41) is 2.65. The van der Waals surface area contributed by atoms with Gasteiger partial charge in [0.25, 0.3) is 5.91 Å². The SMILES string of the molecule is O=C(NCCc1ccc(F)cc1)c1c[nH]ccc1=O. The third-order valence-corrected chi connectivity index (χ3v) is 2.68. The zero-order chi connectivity index (χ0) is 13.7. The molecule has 0 saturated heterocycles. The molecule has 0 fully saturated rings. The second-order valence-corrected chi connectivity index (χ2v) is 4.05. The highest BCUT2D eigenvalue weighted by Gasteiger charge is 2.08. The smallest absolute Gasteiger partial charge is 0.256 e. The Morgan fingerprint density at radius 1 is 1.21 bits per heavy atom. The van der Waals surface area contributed by atoms with Gasteiger partial charge in [-0.15, -0.1) is 0 Å². The first-order chi connectivity index (χ1) is 9.16. The van der Waals surface area contributed by atoms with Crippen molar-refractivity contribution < 1.29 is 9.18 Å². The van der Waals surface area contributed by atoms with E-state index < -0.39 is 5.91 Å². The van der Waals surface area contributed by atoms with Crippen LogP contribution in [0.2, 0.25) is 0 Å². The molecular weight excluding hydrogens is 247 g/mol. The molecule has 0 radical (unpaired) electrons. The Labute approximate surface area is 109 Å². The molecule has 0 saturated carbocycles. The van der Waals surface area contributed by atoms with Gasteiger partial charge < -0.3 is 10.3 Å². The lowest BCUT2D eigenvalue weighted by molar-refractivity contribution is 0.0952. The Morgan fingerprint density at radius 2 is 1.95 bits per heavy atom. The fourth-order valence-corrected chi connectivity index (χ4v) is 1.66. The molecule has 98 valence electrons. The minimum Gasteiger partial charge on any atom is -0.367 e. The molecule has 1 aromatic heterocycles. The number of carbonyl (C=O) groups excluding carboxylic acids is 1. The number of nitrogens with one attached hydrogen (secondary N) is 2. The summed E-state index contributed by atoms with van der Waals surface area (Å²) in [4.78, 5) is 25.8. The van der Waals surface area contributed by atoms with Crippen molar-refractivity contribution in [2.24, 2.45) is 0 Å². The maximum atomic E-state index is 12.7. The van der Waals surface area contributed by atoms with Gasteiger partial charge in [-0.1, -0.05) is 12.1 Å². The van der Waals surface area contributed by atoms with Gasteiger partial charge in [-0.05, 0) is 24.1 Å². The predicted molar refractivity (Wildman–Crippen MR) is 69.5 cm³/mol. The molecule has 0 bridgehead atoms. The summed E-state index contributed by atoms with van der Waals surface area (Å²) in [5.41, 5.74) is 0.684. The number of halogens is 1. The van der Waals surface area contributed by atoms with Crippen LogP contribution in [0, 0.1) is 5.82 Å². The van der Waals surface area contributed by atoms with Crippen LogP contribution in [0.15, 0.2) is 47.5 Å². The summed E-state index contributed by atoms with van der Waals surface area (Å²) in [6, 6.07) is 7.38. The van der Waals surface area contributed by atoms with Gasteiger partial charge in [0.1, 0.15) is 11.4 Å². The molecule has 0 atom stereocenters. The number of H-pyrrole nitrogens is 1. The molecule has 1 amide bonds. The van der Waals surface area contributed by atoms with Crippen LogP contribution in [0.4, 0.5) is 4.39 Å². The lowest BCUT2D eigenvalue weighted by Gasteiger charge is -2.04. The van der Waals surface area contributed by atoms with Crippen LogP contribution in [0.3, 0.4) is 0 Å². The topological polar surface area (TPSA) is 62.0 Å². The van der Waals surface area contributed by atoms with E-state index in [-0.39, 0.29) is 16.8 Å². The van der Waals surface area contributed by atoms with Gasteiger partial charge in [-0.25, -0.2) is 4.39 Å². The van der Waals surface area contributed by atoms with E-state index in [9.17, 15) is 14.0 Å². The first-order valence-corrected chi connectivity index (χ1v) is 5.86. The zero-order valence-corrected chi connectivity index (χ0v) is 10.2. The van der Waals surface area contributed by atoms with Crippen LogP contribution >= 0.6 is 0 Å². The molecular formula is C14H13FN2O2. The van der Waals surface area contributed by atoms with E-state index in [1.165, 1.54) is 30.6 Å². The fraction of sp³-hybridized carbons (Fsp3) is 0.143. The number of hydrogen-bond acceptors (Lipinski definition) is 2. The van der Waals surface area contributed by atoms with Crippen molar-refractivity contribution in [2.45, 2.75) is 6.42 Å². The molecule has 1 aromatic carbocycles. The number of pyridine rings is 1. The summed E-state index contributed by atoms with van der Waals surface area (Å²) in [7, 11) is 0. The van der Waals surface area contributed by atoms with Crippen molar-refractivity contribution in [3.8, 4) is 0 Å². The highest BCUT2D eigenvalue weighted by atomic mass is 19.1. The van der Waals surface area contributed by atoms with Crippen LogP contribution in [-0.4, -0.2) is 17.4 Å². The largest absolute Gasteiger partial charge is 0.367 e. The minimum absolute atomic E-state index is 0.0848. The third-order valence-electron chi connectivity index (χ3n) is 2.68. The third kappa shape index (κ3) is 3.51. The molecule has 0 spiro atoms. The Bertz CT molecular complexity index is 620. The van der Waals surface area contributed by atoms with Crippen molar-refractivity contribution in [2.75, 3.05) is 6.54 Å². The number of amides is 1. The van der Waals surface area contributed by atoms with Crippen LogP contribution in [0.5, 0.6) is 0 Å². The van der Waals surface area contributed by atoms with E-state index in [0.29, 0.717) is 13.0 Å². The Kier molecular flexibility index (Phi) is 4.07. The molecule has 19 heavy (non-hydrogen) atoms. The normalized spacial score (nSPS) is 10.2. The van der Waals surface area contributed by atoms with Crippen molar-refractivity contribution in [3.63, 3.8) is 0 Å². The van der Waals surface area contributed by atoms with Gasteiger partial charge in [0.2, 0.25) is 0 Å². The number of carbonyl (C=O) groups is 1. The number of benzene rings is 1. The van der Waals surface area contributed by atoms with Gasteiger partial charge in [0.15, 0.2) is 5.43 Å². The summed E-state index contributed by atoms with van der Waals surface area (Å²) in [6.45, 7) is 0.388. The molecule has 0 unspecified atom stereocenters. The quantitative estimate of drug-likeness (QED) is 0.874. The summed E-state index contributed by atoms with van der Waals surface area (Å²) >= 11 is 0. The summed E-state index contributed by atoms with van der Waals surface area (Å²) in [6.07, 6.45) is 3.42. The van der Waals surface area contributed by atoms with Crippen molar-refractivity contribution in [3.05, 3.63) is 69.9 Å². The van der Waals surface area contributed by atoms with Crippen LogP contribution in [-0.2, 0) is 6.42 Å². The molecule has 4 nitrogen and oxygen atoms in total. The molecule has 2 N–H and O–H groups in total. The van der Waals surface area contributed by atoms with Gasteiger partial charge in [0, 0.05) is 25.0 Å². The van der Waals surface area contributed by atoms with E-state index in [1.54, 1.807) is 12.1 Å². The monoisotopic (exact) mass is 260 g/mol. The molecule has 5 heteroatoms. The zero-order valence-electron chi connectivity index (χ0n) is 10.2. The van der Waals surface area contributed by atoms with Gasteiger partial charge in [0.05, 0.1) is 0 Å². The van der Waals surface area contributed by atoms with E-state index in [2.05, 4.69) is 10.3 Å². The first kappa shape index (κ1) is 13.0. The molecule has 0 aliphatic heterocycles. The Hall–Kier alpha value is -2.43. The molecule has 0 aliphatic carbocycles. The number of aromatic nitrogens is 1. The second kappa shape index (κ2) is 5.95. The highest BCUT2D eigenvalue weighted by molar-refractivity contribution is 5.93. The first-order valence-electron chi connectivity index (χ1n) is 5.86. The van der Waals surface area contributed by atoms with E-state index in [1.807, 2.05) is 0 Å². The minimum atomic E-state index is -0.413. The molecule has 2 aromatic rings. The Balaban J connectivity index is 1.89. The van der Waals surface area contributed by atoms with E-state index in [0.717, 1.165) is 5.56 Å². The molecule has 1 heterocycles. The maximum absolute atomic E-state index is 12.7. The average molecular weight is 260 g/mol. The van der Waals surface area contributed by atoms with Crippen LogP contribution < -0.4 is 10.7 Å². The average Bonchev–Trinajstić information content (AvgIpc) is 2.41.